The Labute approximate surface area is 124 Å². The van der Waals surface area contributed by atoms with Gasteiger partial charge in [0.1, 0.15) is 5.75 Å². The minimum atomic E-state index is -0.827. The highest BCUT2D eigenvalue weighted by Crippen LogP contribution is 2.36. The number of amides is 1. The third-order valence-electron chi connectivity index (χ3n) is 4.28. The Kier molecular flexibility index (Phi) is 4.21. The third-order valence-corrected chi connectivity index (χ3v) is 4.28. The second-order valence-electron chi connectivity index (χ2n) is 5.81. The van der Waals surface area contributed by atoms with Crippen molar-refractivity contribution in [1.82, 2.24) is 4.90 Å². The van der Waals surface area contributed by atoms with Crippen molar-refractivity contribution in [2.24, 2.45) is 5.41 Å². The Bertz CT molecular complexity index is 569. The van der Waals surface area contributed by atoms with Crippen molar-refractivity contribution in [3.63, 3.8) is 0 Å². The zero-order valence-corrected chi connectivity index (χ0v) is 12.4. The Morgan fingerprint density at radius 3 is 2.67 bits per heavy atom. The molecule has 1 atom stereocenters. The number of carboxylic acid groups (broad SMARTS) is 1. The second kappa shape index (κ2) is 5.76. The Balaban J connectivity index is 2.18. The smallest absolute Gasteiger partial charge is 0.311 e. The maximum Gasteiger partial charge on any atom is 0.311 e. The van der Waals surface area contributed by atoms with Gasteiger partial charge in [0.25, 0.3) is 5.91 Å². The standard InChI is InChI=1S/C16H21NO4/c1-3-6-16(15(20)21)7-8-17(10-16)14(19)12-5-4-11(2)13(18)9-12/h4-5,9,18H,3,6-8,10H2,1-2H3,(H,20,21). The summed E-state index contributed by atoms with van der Waals surface area (Å²) < 4.78 is 0. The zero-order valence-electron chi connectivity index (χ0n) is 12.4. The lowest BCUT2D eigenvalue weighted by Gasteiger charge is -2.24. The number of hydrogen-bond acceptors (Lipinski definition) is 3. The molecule has 21 heavy (non-hydrogen) atoms. The van der Waals surface area contributed by atoms with E-state index in [-0.39, 0.29) is 18.2 Å². The molecule has 0 bridgehead atoms. The number of rotatable bonds is 4. The molecule has 1 heterocycles. The third kappa shape index (κ3) is 2.86. The summed E-state index contributed by atoms with van der Waals surface area (Å²) in [6.07, 6.45) is 1.84. The van der Waals surface area contributed by atoms with E-state index in [1.54, 1.807) is 24.0 Å². The lowest BCUT2D eigenvalue weighted by atomic mass is 9.83. The van der Waals surface area contributed by atoms with Gasteiger partial charge in [-0.25, -0.2) is 0 Å². The van der Waals surface area contributed by atoms with Crippen molar-refractivity contribution in [2.75, 3.05) is 13.1 Å². The fourth-order valence-corrected chi connectivity index (χ4v) is 2.93. The van der Waals surface area contributed by atoms with Crippen molar-refractivity contribution < 1.29 is 19.8 Å². The van der Waals surface area contributed by atoms with E-state index >= 15 is 0 Å². The van der Waals surface area contributed by atoms with Crippen LogP contribution in [0.5, 0.6) is 5.75 Å². The van der Waals surface area contributed by atoms with E-state index < -0.39 is 11.4 Å². The highest BCUT2D eigenvalue weighted by Gasteiger charge is 2.45. The summed E-state index contributed by atoms with van der Waals surface area (Å²) in [6.45, 7) is 4.40. The number of aryl methyl sites for hydroxylation is 1. The molecule has 0 saturated carbocycles. The molecule has 1 saturated heterocycles. The highest BCUT2D eigenvalue weighted by atomic mass is 16.4. The van der Waals surface area contributed by atoms with E-state index in [9.17, 15) is 19.8 Å². The average molecular weight is 291 g/mol. The zero-order chi connectivity index (χ0) is 15.6. The minimum Gasteiger partial charge on any atom is -0.508 e. The lowest BCUT2D eigenvalue weighted by Crippen LogP contribution is -2.36. The van der Waals surface area contributed by atoms with E-state index in [1.165, 1.54) is 6.07 Å². The number of hydrogen-bond donors (Lipinski definition) is 2. The molecule has 0 spiro atoms. The van der Waals surface area contributed by atoms with Crippen molar-refractivity contribution in [3.05, 3.63) is 29.3 Å². The van der Waals surface area contributed by atoms with Gasteiger partial charge < -0.3 is 15.1 Å². The van der Waals surface area contributed by atoms with Gasteiger partial charge in [-0.05, 0) is 37.5 Å². The molecule has 0 aromatic heterocycles. The van der Waals surface area contributed by atoms with Crippen molar-refractivity contribution in [1.29, 1.82) is 0 Å². The molecule has 114 valence electrons. The van der Waals surface area contributed by atoms with Crippen LogP contribution in [0.2, 0.25) is 0 Å². The summed E-state index contributed by atoms with van der Waals surface area (Å²) in [7, 11) is 0. The number of aromatic hydroxyl groups is 1. The molecule has 1 fully saturated rings. The summed E-state index contributed by atoms with van der Waals surface area (Å²) in [5.41, 5.74) is 0.284. The van der Waals surface area contributed by atoms with Gasteiger partial charge in [0.2, 0.25) is 0 Å². The largest absolute Gasteiger partial charge is 0.508 e. The number of carboxylic acids is 1. The van der Waals surface area contributed by atoms with Crippen LogP contribution in [0.4, 0.5) is 0 Å². The fourth-order valence-electron chi connectivity index (χ4n) is 2.93. The van der Waals surface area contributed by atoms with Gasteiger partial charge in [0.15, 0.2) is 0 Å². The molecule has 2 N–H and O–H groups in total. The van der Waals surface area contributed by atoms with Crippen LogP contribution in [0.3, 0.4) is 0 Å². The summed E-state index contributed by atoms with van der Waals surface area (Å²) in [5, 5.41) is 19.2. The quantitative estimate of drug-likeness (QED) is 0.893. The van der Waals surface area contributed by atoms with Crippen LogP contribution in [0.15, 0.2) is 18.2 Å². The molecule has 5 nitrogen and oxygen atoms in total. The van der Waals surface area contributed by atoms with Gasteiger partial charge in [-0.2, -0.15) is 0 Å². The van der Waals surface area contributed by atoms with E-state index in [4.69, 9.17) is 0 Å². The SMILES string of the molecule is CCCC1(C(=O)O)CCN(C(=O)c2ccc(C)c(O)c2)C1. The first kappa shape index (κ1) is 15.4. The predicted octanol–water partition coefficient (Wildman–Crippen LogP) is 2.42. The van der Waals surface area contributed by atoms with Gasteiger partial charge in [-0.1, -0.05) is 19.4 Å². The maximum atomic E-state index is 12.4. The predicted molar refractivity (Wildman–Crippen MR) is 78.3 cm³/mol. The molecule has 0 radical (unpaired) electrons. The van der Waals surface area contributed by atoms with Crippen LogP contribution in [-0.4, -0.2) is 40.1 Å². The summed E-state index contributed by atoms with van der Waals surface area (Å²) >= 11 is 0. The van der Waals surface area contributed by atoms with Crippen LogP contribution >= 0.6 is 0 Å². The van der Waals surface area contributed by atoms with E-state index in [0.717, 1.165) is 6.42 Å². The van der Waals surface area contributed by atoms with Crippen LogP contribution in [0.1, 0.15) is 42.1 Å². The Morgan fingerprint density at radius 1 is 1.38 bits per heavy atom. The molecule has 1 unspecified atom stereocenters. The van der Waals surface area contributed by atoms with Gasteiger partial charge in [0.05, 0.1) is 5.41 Å². The minimum absolute atomic E-state index is 0.0816. The summed E-state index contributed by atoms with van der Waals surface area (Å²) in [4.78, 5) is 25.6. The normalized spacial score (nSPS) is 21.5. The number of phenols is 1. The first-order valence-corrected chi connectivity index (χ1v) is 7.22. The van der Waals surface area contributed by atoms with E-state index in [1.807, 2.05) is 6.92 Å². The van der Waals surface area contributed by atoms with Crippen molar-refractivity contribution >= 4 is 11.9 Å². The molecule has 5 heteroatoms. The topological polar surface area (TPSA) is 77.8 Å². The highest BCUT2D eigenvalue weighted by molar-refractivity contribution is 5.95. The average Bonchev–Trinajstić information content (AvgIpc) is 2.87. The molecule has 1 aliphatic heterocycles. The molecular formula is C16H21NO4. The molecule has 0 aliphatic carbocycles. The van der Waals surface area contributed by atoms with Crippen molar-refractivity contribution in [3.8, 4) is 5.75 Å². The van der Waals surface area contributed by atoms with Gasteiger partial charge in [-0.3, -0.25) is 9.59 Å². The second-order valence-corrected chi connectivity index (χ2v) is 5.81. The number of phenolic OH excluding ortho intramolecular Hbond substituents is 1. The van der Waals surface area contributed by atoms with E-state index in [2.05, 4.69) is 0 Å². The number of nitrogens with zero attached hydrogens (tertiary/aromatic N) is 1. The number of carbonyl (C=O) groups is 2. The number of aliphatic carboxylic acids is 1. The lowest BCUT2D eigenvalue weighted by molar-refractivity contribution is -0.148. The molecule has 1 amide bonds. The van der Waals surface area contributed by atoms with Crippen LogP contribution in [0.25, 0.3) is 0 Å². The first-order valence-electron chi connectivity index (χ1n) is 7.22. The van der Waals surface area contributed by atoms with Crippen molar-refractivity contribution in [2.45, 2.75) is 33.1 Å². The number of likely N-dealkylation sites (tertiary alicyclic amines) is 1. The Hall–Kier alpha value is -2.04. The molecule has 2 rings (SSSR count). The number of benzene rings is 1. The Morgan fingerprint density at radius 2 is 2.10 bits per heavy atom. The van der Waals surface area contributed by atoms with Crippen LogP contribution < -0.4 is 0 Å². The summed E-state index contributed by atoms with van der Waals surface area (Å²) in [5.74, 6) is -0.964. The first-order chi connectivity index (χ1) is 9.89. The molecule has 1 aromatic carbocycles. The molecule has 1 aliphatic rings. The van der Waals surface area contributed by atoms with E-state index in [0.29, 0.717) is 30.5 Å². The van der Waals surface area contributed by atoms with Gasteiger partial charge >= 0.3 is 5.97 Å². The van der Waals surface area contributed by atoms with Crippen LogP contribution in [0, 0.1) is 12.3 Å². The maximum absolute atomic E-state index is 12.4. The molecular weight excluding hydrogens is 270 g/mol. The summed E-state index contributed by atoms with van der Waals surface area (Å²) in [6, 6.07) is 4.80. The van der Waals surface area contributed by atoms with Gasteiger partial charge in [-0.15, -0.1) is 0 Å². The number of carbonyl (C=O) groups excluding carboxylic acids is 1. The molecule has 1 aromatic rings. The fraction of sp³-hybridized carbons (Fsp3) is 0.500. The monoisotopic (exact) mass is 291 g/mol. The van der Waals surface area contributed by atoms with Crippen LogP contribution in [-0.2, 0) is 4.79 Å². The van der Waals surface area contributed by atoms with Gasteiger partial charge in [0, 0.05) is 18.7 Å².